The van der Waals surface area contributed by atoms with Crippen molar-refractivity contribution < 1.29 is 80.2 Å². The largest absolute Gasteiger partial charge is 0.472 e. The number of rotatable bonds is 66. The van der Waals surface area contributed by atoms with E-state index in [4.69, 9.17) is 37.0 Å². The Morgan fingerprint density at radius 2 is 0.541 bits per heavy atom. The van der Waals surface area contributed by atoms with E-state index in [0.717, 1.165) is 89.9 Å². The summed E-state index contributed by atoms with van der Waals surface area (Å²) in [5.41, 5.74) is 0. The first-order valence-electron chi connectivity index (χ1n) is 34.6. The lowest BCUT2D eigenvalue weighted by molar-refractivity contribution is -0.161. The average Bonchev–Trinajstić information content (AvgIpc) is 3.60. The minimum atomic E-state index is -4.95. The normalized spacial score (nSPS) is 14.2. The number of aliphatic hydroxyl groups is 1. The third-order valence-corrected chi connectivity index (χ3v) is 17.2. The SMILES string of the molecule is CCCCCCCCCCCCCCCCCC(=O)O[C@H](COC(=O)CCCCCCCCCCCCC)COP(=O)(O)OC[C@@H](O)COP(=O)(O)OC[C@@H](COC(=O)CCCCCCCCCCC)OC(=O)CCCCCCCCCC(C)C. The van der Waals surface area contributed by atoms with Gasteiger partial charge in [-0.1, -0.05) is 285 Å². The zero-order valence-electron chi connectivity index (χ0n) is 54.7. The van der Waals surface area contributed by atoms with Crippen LogP contribution in [0.5, 0.6) is 0 Å². The zero-order chi connectivity index (χ0) is 62.8. The molecule has 504 valence electrons. The van der Waals surface area contributed by atoms with Crippen LogP contribution in [0.25, 0.3) is 0 Å². The molecule has 0 radical (unpaired) electrons. The Kier molecular flexibility index (Phi) is 58.3. The van der Waals surface area contributed by atoms with Crippen LogP contribution in [-0.4, -0.2) is 96.7 Å². The Labute approximate surface area is 517 Å². The fourth-order valence-electron chi connectivity index (χ4n) is 9.94. The molecule has 0 saturated heterocycles. The number of unbranched alkanes of at least 4 members (excludes halogenated alkanes) is 38. The standard InChI is InChI=1S/C66H128O17P2/c1-6-9-12-15-18-21-23-24-25-26-28-31-36-41-46-51-65(70)82-61(55-77-64(69)50-45-40-35-30-27-22-19-16-13-10-7-2)57-80-84(72,73)78-53-60(67)54-79-85(74,75)81-58-62(56-76-63(68)49-44-39-34-29-20-17-14-11-8-3)83-66(71)52-47-42-37-32-33-38-43-48-59(4)5/h59-62,67H,6-58H2,1-5H3,(H,72,73)(H,74,75)/t60-,61-,62-/m1/s1. The Hall–Kier alpha value is -1.94. The highest BCUT2D eigenvalue weighted by atomic mass is 31.2. The predicted molar refractivity (Wildman–Crippen MR) is 340 cm³/mol. The third kappa shape index (κ3) is 60.7. The molecule has 0 aliphatic heterocycles. The van der Waals surface area contributed by atoms with Gasteiger partial charge in [-0.15, -0.1) is 0 Å². The second-order valence-electron chi connectivity index (χ2n) is 24.3. The van der Waals surface area contributed by atoms with E-state index in [1.54, 1.807) is 0 Å². The molecular weight excluding hydrogens is 1130 g/mol. The Bertz CT molecular complexity index is 1650. The van der Waals surface area contributed by atoms with Crippen molar-refractivity contribution in [2.24, 2.45) is 5.92 Å². The highest BCUT2D eigenvalue weighted by Crippen LogP contribution is 2.45. The van der Waals surface area contributed by atoms with Crippen molar-refractivity contribution in [1.29, 1.82) is 0 Å². The van der Waals surface area contributed by atoms with Gasteiger partial charge in [-0.05, 0) is 31.6 Å². The molecule has 0 aromatic rings. The zero-order valence-corrected chi connectivity index (χ0v) is 56.5. The molecule has 0 fully saturated rings. The van der Waals surface area contributed by atoms with Crippen molar-refractivity contribution in [3.8, 4) is 0 Å². The molecule has 5 atom stereocenters. The van der Waals surface area contributed by atoms with Crippen LogP contribution in [0.4, 0.5) is 0 Å². The quantitative estimate of drug-likeness (QED) is 0.0222. The van der Waals surface area contributed by atoms with Gasteiger partial charge in [0.15, 0.2) is 12.2 Å². The Morgan fingerprint density at radius 1 is 0.318 bits per heavy atom. The second kappa shape index (κ2) is 59.7. The van der Waals surface area contributed by atoms with Gasteiger partial charge in [-0.3, -0.25) is 37.3 Å². The molecule has 0 bridgehead atoms. The number of hydrogen-bond acceptors (Lipinski definition) is 15. The van der Waals surface area contributed by atoms with E-state index in [-0.39, 0.29) is 25.7 Å². The second-order valence-corrected chi connectivity index (χ2v) is 27.2. The van der Waals surface area contributed by atoms with Crippen LogP contribution in [0.1, 0.15) is 336 Å². The fourth-order valence-corrected chi connectivity index (χ4v) is 11.5. The number of esters is 4. The van der Waals surface area contributed by atoms with E-state index < -0.39 is 97.5 Å². The van der Waals surface area contributed by atoms with E-state index in [2.05, 4.69) is 34.6 Å². The van der Waals surface area contributed by atoms with Crippen molar-refractivity contribution in [2.45, 2.75) is 355 Å². The van der Waals surface area contributed by atoms with Crippen molar-refractivity contribution in [3.05, 3.63) is 0 Å². The summed E-state index contributed by atoms with van der Waals surface area (Å²) < 4.78 is 68.1. The lowest BCUT2D eigenvalue weighted by Gasteiger charge is -2.21. The predicted octanol–water partition coefficient (Wildman–Crippen LogP) is 18.6. The highest BCUT2D eigenvalue weighted by Gasteiger charge is 2.30. The topological polar surface area (TPSA) is 237 Å². The molecule has 0 aromatic carbocycles. The van der Waals surface area contributed by atoms with Gasteiger partial charge >= 0.3 is 39.5 Å². The van der Waals surface area contributed by atoms with Crippen molar-refractivity contribution in [1.82, 2.24) is 0 Å². The third-order valence-electron chi connectivity index (χ3n) is 15.3. The number of carbonyl (C=O) groups excluding carboxylic acids is 4. The summed E-state index contributed by atoms with van der Waals surface area (Å²) in [5.74, 6) is -1.43. The number of hydrogen-bond donors (Lipinski definition) is 3. The summed E-state index contributed by atoms with van der Waals surface area (Å²) in [4.78, 5) is 72.3. The van der Waals surface area contributed by atoms with Crippen LogP contribution in [0, 0.1) is 5.92 Å². The summed E-state index contributed by atoms with van der Waals surface area (Å²) in [5, 5.41) is 10.5. The summed E-state index contributed by atoms with van der Waals surface area (Å²) in [6, 6.07) is 0. The molecule has 3 N–H and O–H groups in total. The maximum absolute atomic E-state index is 13.0. The highest BCUT2D eigenvalue weighted by molar-refractivity contribution is 7.47. The van der Waals surface area contributed by atoms with E-state index >= 15 is 0 Å². The number of phosphoric ester groups is 2. The van der Waals surface area contributed by atoms with Crippen LogP contribution < -0.4 is 0 Å². The van der Waals surface area contributed by atoms with Crippen LogP contribution >= 0.6 is 15.6 Å². The van der Waals surface area contributed by atoms with E-state index in [1.165, 1.54) is 161 Å². The lowest BCUT2D eigenvalue weighted by atomic mass is 10.0. The first-order chi connectivity index (χ1) is 41.0. The fraction of sp³-hybridized carbons (Fsp3) is 0.939. The molecule has 0 aromatic heterocycles. The van der Waals surface area contributed by atoms with Crippen LogP contribution in [0.15, 0.2) is 0 Å². The number of carbonyl (C=O) groups is 4. The monoisotopic (exact) mass is 1250 g/mol. The number of phosphoric acid groups is 2. The van der Waals surface area contributed by atoms with E-state index in [1.807, 2.05) is 0 Å². The molecule has 0 rings (SSSR count). The molecule has 19 heteroatoms. The van der Waals surface area contributed by atoms with Gasteiger partial charge in [0.05, 0.1) is 26.4 Å². The van der Waals surface area contributed by atoms with Crippen LogP contribution in [0.2, 0.25) is 0 Å². The molecule has 85 heavy (non-hydrogen) atoms. The molecule has 0 aliphatic rings. The minimum absolute atomic E-state index is 0.104. The molecule has 17 nitrogen and oxygen atoms in total. The smallest absolute Gasteiger partial charge is 0.462 e. The molecular formula is C66H128O17P2. The van der Waals surface area contributed by atoms with Crippen molar-refractivity contribution in [2.75, 3.05) is 39.6 Å². The molecule has 2 unspecified atom stereocenters. The maximum Gasteiger partial charge on any atom is 0.472 e. The summed E-state index contributed by atoms with van der Waals surface area (Å²) in [7, 11) is -9.89. The summed E-state index contributed by atoms with van der Waals surface area (Å²) in [6.45, 7) is 7.14. The first-order valence-corrected chi connectivity index (χ1v) is 37.6. The van der Waals surface area contributed by atoms with Crippen LogP contribution in [0.3, 0.4) is 0 Å². The lowest BCUT2D eigenvalue weighted by Crippen LogP contribution is -2.30. The van der Waals surface area contributed by atoms with Crippen LogP contribution in [-0.2, 0) is 65.4 Å². The van der Waals surface area contributed by atoms with Gasteiger partial charge in [0.25, 0.3) is 0 Å². The first kappa shape index (κ1) is 83.1. The van der Waals surface area contributed by atoms with Gasteiger partial charge in [0.2, 0.25) is 0 Å². The van der Waals surface area contributed by atoms with E-state index in [9.17, 15) is 43.2 Å². The summed E-state index contributed by atoms with van der Waals surface area (Å²) >= 11 is 0. The van der Waals surface area contributed by atoms with Gasteiger partial charge < -0.3 is 33.8 Å². The molecule has 0 spiro atoms. The van der Waals surface area contributed by atoms with Crippen molar-refractivity contribution >= 4 is 39.5 Å². The number of ether oxygens (including phenoxy) is 4. The Balaban J connectivity index is 5.22. The summed E-state index contributed by atoms with van der Waals surface area (Å²) in [6.07, 6.45) is 44.4. The van der Waals surface area contributed by atoms with Gasteiger partial charge in [-0.2, -0.15) is 0 Å². The molecule has 0 saturated carbocycles. The van der Waals surface area contributed by atoms with E-state index in [0.29, 0.717) is 31.6 Å². The van der Waals surface area contributed by atoms with Gasteiger partial charge in [0, 0.05) is 25.7 Å². The van der Waals surface area contributed by atoms with Crippen molar-refractivity contribution in [3.63, 3.8) is 0 Å². The van der Waals surface area contributed by atoms with Gasteiger partial charge in [0.1, 0.15) is 19.3 Å². The molecule has 0 amide bonds. The van der Waals surface area contributed by atoms with Gasteiger partial charge in [-0.25, -0.2) is 9.13 Å². The molecule has 0 heterocycles. The Morgan fingerprint density at radius 3 is 0.800 bits per heavy atom. The molecule has 0 aliphatic carbocycles. The number of aliphatic hydroxyl groups excluding tert-OH is 1. The minimum Gasteiger partial charge on any atom is -0.462 e. The maximum atomic E-state index is 13.0. The average molecular weight is 1260 g/mol.